The molecule has 0 aliphatic carbocycles. The van der Waals surface area contributed by atoms with E-state index in [1.165, 1.54) is 37.1 Å². The minimum Gasteiger partial charge on any atom is -0.496 e. The lowest BCUT2D eigenvalue weighted by Crippen LogP contribution is -2.01. The molecule has 1 heterocycles. The SMILES string of the molecule is COc1cc(F)cc(OC)c1-c1cc(C(=O)O)nn1C. The second-order valence-corrected chi connectivity index (χ2v) is 4.03. The molecule has 106 valence electrons. The van der Waals surface area contributed by atoms with Crippen molar-refractivity contribution in [1.82, 2.24) is 9.78 Å². The molecular formula is C13H13FN2O4. The maximum absolute atomic E-state index is 13.5. The summed E-state index contributed by atoms with van der Waals surface area (Å²) in [5, 5.41) is 12.8. The number of nitrogens with zero attached hydrogens (tertiary/aromatic N) is 2. The zero-order valence-corrected chi connectivity index (χ0v) is 11.2. The summed E-state index contributed by atoms with van der Waals surface area (Å²) >= 11 is 0. The van der Waals surface area contributed by atoms with E-state index in [2.05, 4.69) is 5.10 Å². The minimum atomic E-state index is -1.15. The molecule has 0 fully saturated rings. The predicted molar refractivity (Wildman–Crippen MR) is 68.7 cm³/mol. The maximum Gasteiger partial charge on any atom is 0.356 e. The molecule has 0 aliphatic rings. The van der Waals surface area contributed by atoms with E-state index >= 15 is 0 Å². The molecule has 0 saturated carbocycles. The van der Waals surface area contributed by atoms with Gasteiger partial charge < -0.3 is 14.6 Å². The number of aryl methyl sites for hydroxylation is 1. The number of benzene rings is 1. The van der Waals surface area contributed by atoms with E-state index in [1.54, 1.807) is 7.05 Å². The Balaban J connectivity index is 2.71. The molecule has 1 aromatic heterocycles. The molecule has 2 aromatic rings. The van der Waals surface area contributed by atoms with Gasteiger partial charge in [0.15, 0.2) is 5.69 Å². The van der Waals surface area contributed by atoms with Gasteiger partial charge in [0.2, 0.25) is 0 Å². The summed E-state index contributed by atoms with van der Waals surface area (Å²) in [5.41, 5.74) is 0.783. The van der Waals surface area contributed by atoms with Crippen LogP contribution in [0, 0.1) is 5.82 Å². The Bertz CT molecular complexity index is 641. The summed E-state index contributed by atoms with van der Waals surface area (Å²) in [4.78, 5) is 11.0. The number of aromatic nitrogens is 2. The molecule has 0 atom stereocenters. The fraction of sp³-hybridized carbons (Fsp3) is 0.231. The number of aromatic carboxylic acids is 1. The Labute approximate surface area is 114 Å². The molecule has 0 bridgehead atoms. The highest BCUT2D eigenvalue weighted by Gasteiger charge is 2.20. The monoisotopic (exact) mass is 280 g/mol. The van der Waals surface area contributed by atoms with E-state index in [0.717, 1.165) is 0 Å². The molecule has 1 N–H and O–H groups in total. The number of hydrogen-bond donors (Lipinski definition) is 1. The van der Waals surface area contributed by atoms with Crippen molar-refractivity contribution in [3.05, 3.63) is 29.7 Å². The molecular weight excluding hydrogens is 267 g/mol. The largest absolute Gasteiger partial charge is 0.496 e. The van der Waals surface area contributed by atoms with Gasteiger partial charge in [0.25, 0.3) is 0 Å². The molecule has 0 saturated heterocycles. The van der Waals surface area contributed by atoms with Gasteiger partial charge in [-0.3, -0.25) is 4.68 Å². The first-order valence-corrected chi connectivity index (χ1v) is 5.67. The number of methoxy groups -OCH3 is 2. The lowest BCUT2D eigenvalue weighted by atomic mass is 10.1. The molecule has 0 unspecified atom stereocenters. The molecule has 7 heteroatoms. The summed E-state index contributed by atoms with van der Waals surface area (Å²) in [5.74, 6) is -1.18. The number of rotatable bonds is 4. The lowest BCUT2D eigenvalue weighted by molar-refractivity contribution is 0.0689. The van der Waals surface area contributed by atoms with Crippen LogP contribution >= 0.6 is 0 Å². The third-order valence-electron chi connectivity index (χ3n) is 2.83. The molecule has 20 heavy (non-hydrogen) atoms. The third-order valence-corrected chi connectivity index (χ3v) is 2.83. The highest BCUT2D eigenvalue weighted by atomic mass is 19.1. The lowest BCUT2D eigenvalue weighted by Gasteiger charge is -2.13. The Morgan fingerprint density at radius 1 is 1.25 bits per heavy atom. The standard InChI is InChI=1S/C13H13FN2O4/c1-16-9(6-8(15-16)13(17)18)12-10(19-2)4-7(14)5-11(12)20-3/h4-6H,1-3H3,(H,17,18). The van der Waals surface area contributed by atoms with Gasteiger partial charge in [-0.2, -0.15) is 5.10 Å². The Kier molecular flexibility index (Phi) is 3.60. The molecule has 0 aliphatic heterocycles. The van der Waals surface area contributed by atoms with Crippen LogP contribution in [0.4, 0.5) is 4.39 Å². The van der Waals surface area contributed by atoms with Crippen LogP contribution < -0.4 is 9.47 Å². The van der Waals surface area contributed by atoms with Gasteiger partial charge >= 0.3 is 5.97 Å². The van der Waals surface area contributed by atoms with E-state index < -0.39 is 11.8 Å². The Morgan fingerprint density at radius 3 is 2.20 bits per heavy atom. The van der Waals surface area contributed by atoms with Crippen molar-refractivity contribution < 1.29 is 23.8 Å². The van der Waals surface area contributed by atoms with E-state index in [-0.39, 0.29) is 17.2 Å². The van der Waals surface area contributed by atoms with Gasteiger partial charge in [-0.25, -0.2) is 9.18 Å². The summed E-state index contributed by atoms with van der Waals surface area (Å²) < 4.78 is 25.1. The van der Waals surface area contributed by atoms with Crippen LogP contribution in [0.1, 0.15) is 10.5 Å². The Morgan fingerprint density at radius 2 is 1.80 bits per heavy atom. The van der Waals surface area contributed by atoms with Crippen molar-refractivity contribution in [3.63, 3.8) is 0 Å². The van der Waals surface area contributed by atoms with Gasteiger partial charge in [-0.05, 0) is 6.07 Å². The first-order valence-electron chi connectivity index (χ1n) is 5.67. The topological polar surface area (TPSA) is 73.6 Å². The van der Waals surface area contributed by atoms with Gasteiger partial charge in [0, 0.05) is 19.2 Å². The predicted octanol–water partition coefficient (Wildman–Crippen LogP) is 1.94. The number of carboxylic acids is 1. The number of ether oxygens (including phenoxy) is 2. The number of hydrogen-bond acceptors (Lipinski definition) is 4. The molecule has 0 radical (unpaired) electrons. The van der Waals surface area contributed by atoms with Crippen LogP contribution in [0.25, 0.3) is 11.3 Å². The van der Waals surface area contributed by atoms with Crippen molar-refractivity contribution in [2.45, 2.75) is 0 Å². The summed E-state index contributed by atoms with van der Waals surface area (Å²) in [6.07, 6.45) is 0. The average Bonchev–Trinajstić information content (AvgIpc) is 2.79. The summed E-state index contributed by atoms with van der Waals surface area (Å²) in [6.45, 7) is 0. The zero-order valence-electron chi connectivity index (χ0n) is 11.2. The maximum atomic E-state index is 13.5. The normalized spacial score (nSPS) is 10.4. The van der Waals surface area contributed by atoms with E-state index in [0.29, 0.717) is 11.3 Å². The highest BCUT2D eigenvalue weighted by Crippen LogP contribution is 2.39. The van der Waals surface area contributed by atoms with Crippen molar-refractivity contribution in [2.75, 3.05) is 14.2 Å². The van der Waals surface area contributed by atoms with Crippen molar-refractivity contribution >= 4 is 5.97 Å². The Hall–Kier alpha value is -2.57. The van der Waals surface area contributed by atoms with Crippen LogP contribution in [0.15, 0.2) is 18.2 Å². The second-order valence-electron chi connectivity index (χ2n) is 4.03. The van der Waals surface area contributed by atoms with Crippen molar-refractivity contribution in [1.29, 1.82) is 0 Å². The summed E-state index contributed by atoms with van der Waals surface area (Å²) in [6, 6.07) is 3.77. The first-order chi connectivity index (χ1) is 9.47. The number of carbonyl (C=O) groups is 1. The average molecular weight is 280 g/mol. The van der Waals surface area contributed by atoms with Crippen LogP contribution in [0.2, 0.25) is 0 Å². The van der Waals surface area contributed by atoms with Crippen LogP contribution in [0.5, 0.6) is 11.5 Å². The zero-order chi connectivity index (χ0) is 14.9. The van der Waals surface area contributed by atoms with E-state index in [4.69, 9.17) is 14.6 Å². The fourth-order valence-corrected chi connectivity index (χ4v) is 1.94. The summed E-state index contributed by atoms with van der Waals surface area (Å²) in [7, 11) is 4.38. The minimum absolute atomic E-state index is 0.115. The third kappa shape index (κ3) is 2.29. The number of carboxylic acid groups (broad SMARTS) is 1. The van der Waals surface area contributed by atoms with Crippen LogP contribution in [-0.2, 0) is 7.05 Å². The second kappa shape index (κ2) is 5.20. The van der Waals surface area contributed by atoms with Gasteiger partial charge in [0.05, 0.1) is 25.5 Å². The smallest absolute Gasteiger partial charge is 0.356 e. The molecule has 2 rings (SSSR count). The van der Waals surface area contributed by atoms with Crippen molar-refractivity contribution in [2.24, 2.45) is 7.05 Å². The van der Waals surface area contributed by atoms with Crippen LogP contribution in [0.3, 0.4) is 0 Å². The molecule has 6 nitrogen and oxygen atoms in total. The number of halogens is 1. The van der Waals surface area contributed by atoms with Gasteiger partial charge in [0.1, 0.15) is 17.3 Å². The molecule has 0 amide bonds. The molecule has 0 spiro atoms. The molecule has 1 aromatic carbocycles. The van der Waals surface area contributed by atoms with E-state index in [9.17, 15) is 9.18 Å². The van der Waals surface area contributed by atoms with Gasteiger partial charge in [-0.15, -0.1) is 0 Å². The van der Waals surface area contributed by atoms with E-state index in [1.807, 2.05) is 0 Å². The van der Waals surface area contributed by atoms with Gasteiger partial charge in [-0.1, -0.05) is 0 Å². The quantitative estimate of drug-likeness (QED) is 0.926. The first kappa shape index (κ1) is 13.9. The highest BCUT2D eigenvalue weighted by molar-refractivity contribution is 5.88. The van der Waals surface area contributed by atoms with Crippen LogP contribution in [-0.4, -0.2) is 35.1 Å². The van der Waals surface area contributed by atoms with Crippen molar-refractivity contribution in [3.8, 4) is 22.8 Å². The fourth-order valence-electron chi connectivity index (χ4n) is 1.94.